The molecule has 0 bridgehead atoms. The first-order chi connectivity index (χ1) is 13.4. The molecule has 0 fully saturated rings. The molecule has 0 saturated heterocycles. The highest BCUT2D eigenvalue weighted by Gasteiger charge is 2.31. The number of carbonyl (C=O) groups excluding carboxylic acids is 1. The smallest absolute Gasteiger partial charge is 0.238 e. The number of isocyanates is 1. The van der Waals surface area contributed by atoms with Crippen LogP contribution < -0.4 is 4.74 Å². The van der Waals surface area contributed by atoms with Crippen LogP contribution in [0.15, 0.2) is 40.9 Å². The third-order valence-electron chi connectivity index (χ3n) is 5.49. The van der Waals surface area contributed by atoms with Crippen molar-refractivity contribution in [1.82, 2.24) is 0 Å². The topological polar surface area (TPSA) is 58.9 Å². The van der Waals surface area contributed by atoms with Gasteiger partial charge in [-0.05, 0) is 70.1 Å². The Morgan fingerprint density at radius 1 is 1.43 bits per heavy atom. The van der Waals surface area contributed by atoms with Crippen LogP contribution >= 0.6 is 0 Å². The molecule has 1 aliphatic carbocycles. The number of benzene rings is 1. The molecule has 28 heavy (non-hydrogen) atoms. The van der Waals surface area contributed by atoms with E-state index in [1.165, 1.54) is 5.57 Å². The van der Waals surface area contributed by atoms with Gasteiger partial charge in [0.2, 0.25) is 6.08 Å². The third-order valence-corrected chi connectivity index (χ3v) is 5.49. The van der Waals surface area contributed by atoms with Gasteiger partial charge in [-0.2, -0.15) is 4.99 Å². The predicted octanol–water partition coefficient (Wildman–Crippen LogP) is 6.20. The molecule has 0 amide bonds. The van der Waals surface area contributed by atoms with E-state index in [0.29, 0.717) is 5.75 Å². The van der Waals surface area contributed by atoms with E-state index >= 15 is 0 Å². The molecule has 0 saturated carbocycles. The van der Waals surface area contributed by atoms with E-state index in [4.69, 9.17) is 4.74 Å². The molecule has 0 aromatic heterocycles. The zero-order valence-electron chi connectivity index (χ0n) is 17.6. The van der Waals surface area contributed by atoms with Crippen LogP contribution in [0.25, 0.3) is 0 Å². The molecule has 0 radical (unpaired) electrons. The van der Waals surface area contributed by atoms with Gasteiger partial charge in [-0.3, -0.25) is 0 Å². The summed E-state index contributed by atoms with van der Waals surface area (Å²) in [6, 6.07) is 3.85. The third kappa shape index (κ3) is 5.59. The van der Waals surface area contributed by atoms with Gasteiger partial charge >= 0.3 is 0 Å². The van der Waals surface area contributed by atoms with E-state index in [1.54, 1.807) is 13.0 Å². The second-order valence-electron chi connectivity index (χ2n) is 7.95. The Morgan fingerprint density at radius 3 is 2.82 bits per heavy atom. The van der Waals surface area contributed by atoms with Gasteiger partial charge in [0.05, 0.1) is 0 Å². The fourth-order valence-corrected chi connectivity index (χ4v) is 4.01. The highest BCUT2D eigenvalue weighted by atomic mass is 16.5. The minimum atomic E-state index is -0.654. The average Bonchev–Trinajstić information content (AvgIpc) is 2.61. The summed E-state index contributed by atoms with van der Waals surface area (Å²) in [5.74, 6) is 1.08. The molecule has 2 rings (SSSR count). The molecule has 1 aromatic carbocycles. The number of aryl methyl sites for hydroxylation is 1. The molecule has 1 unspecified atom stereocenters. The molecule has 1 aliphatic rings. The number of hydrogen-bond donors (Lipinski definition) is 1. The Morgan fingerprint density at radius 2 is 2.18 bits per heavy atom. The molecule has 0 spiro atoms. The van der Waals surface area contributed by atoms with Gasteiger partial charge in [-0.1, -0.05) is 43.6 Å². The Kier molecular flexibility index (Phi) is 8.07. The van der Waals surface area contributed by atoms with E-state index in [-0.39, 0.29) is 17.6 Å². The van der Waals surface area contributed by atoms with Crippen molar-refractivity contribution in [2.75, 3.05) is 0 Å². The summed E-state index contributed by atoms with van der Waals surface area (Å²) >= 11 is 0. The second kappa shape index (κ2) is 10.3. The quantitative estimate of drug-likeness (QED) is 0.239. The Bertz CT molecular complexity index is 774. The first-order valence-corrected chi connectivity index (χ1v) is 10.3. The zero-order chi connectivity index (χ0) is 20.7. The number of rotatable bonds is 9. The number of aliphatic imine (C=N–C) groups is 1. The lowest BCUT2D eigenvalue weighted by molar-refractivity contribution is 0.226. The summed E-state index contributed by atoms with van der Waals surface area (Å²) in [5, 5.41) is 11.0. The maximum atomic E-state index is 11.0. The number of allylic oxidation sites excluding steroid dienone is 3. The van der Waals surface area contributed by atoms with Crippen LogP contribution in [0.2, 0.25) is 0 Å². The van der Waals surface area contributed by atoms with Gasteiger partial charge in [0.15, 0.2) is 6.23 Å². The van der Waals surface area contributed by atoms with Crippen molar-refractivity contribution in [1.29, 1.82) is 0 Å². The van der Waals surface area contributed by atoms with Crippen LogP contribution in [-0.2, 0) is 11.2 Å². The Balaban J connectivity index is 2.51. The zero-order valence-corrected chi connectivity index (χ0v) is 17.6. The lowest BCUT2D eigenvalue weighted by atomic mass is 9.73. The van der Waals surface area contributed by atoms with Crippen molar-refractivity contribution in [2.45, 2.75) is 78.4 Å². The van der Waals surface area contributed by atoms with Gasteiger partial charge in [0.25, 0.3) is 0 Å². The fraction of sp³-hybridized carbons (Fsp3) is 0.542. The Labute approximate surface area is 169 Å². The van der Waals surface area contributed by atoms with Crippen molar-refractivity contribution in [2.24, 2.45) is 10.9 Å². The van der Waals surface area contributed by atoms with Crippen LogP contribution in [0.3, 0.4) is 0 Å². The van der Waals surface area contributed by atoms with E-state index in [2.05, 4.69) is 31.5 Å². The van der Waals surface area contributed by atoms with Crippen LogP contribution in [0, 0.1) is 5.92 Å². The van der Waals surface area contributed by atoms with Crippen LogP contribution in [-0.4, -0.2) is 17.4 Å². The first-order valence-electron chi connectivity index (χ1n) is 10.3. The fourth-order valence-electron chi connectivity index (χ4n) is 4.01. The summed E-state index contributed by atoms with van der Waals surface area (Å²) in [6.07, 6.45) is 9.39. The van der Waals surface area contributed by atoms with Crippen molar-refractivity contribution < 1.29 is 14.6 Å². The molecule has 3 atom stereocenters. The maximum absolute atomic E-state index is 11.0. The molecule has 1 aromatic rings. The van der Waals surface area contributed by atoms with Gasteiger partial charge < -0.3 is 9.84 Å². The highest BCUT2D eigenvalue weighted by Crippen LogP contribution is 2.47. The predicted molar refractivity (Wildman–Crippen MR) is 114 cm³/mol. The van der Waals surface area contributed by atoms with Crippen molar-refractivity contribution in [3.63, 3.8) is 0 Å². The number of nitrogens with zero attached hydrogens (tertiary/aromatic N) is 1. The SMILES string of the molecule is C=C(C)[C@H]1CCC(C)=C[C@@H]1c1c(O)cc(CCCCC)cc1OC(C)N=C=O. The largest absolute Gasteiger partial charge is 0.507 e. The normalized spacial score (nSPS) is 20.1. The lowest BCUT2D eigenvalue weighted by Crippen LogP contribution is -2.19. The van der Waals surface area contributed by atoms with Crippen molar-refractivity contribution in [3.8, 4) is 11.5 Å². The van der Waals surface area contributed by atoms with Crippen LogP contribution in [0.4, 0.5) is 0 Å². The molecular formula is C24H33NO3. The summed E-state index contributed by atoms with van der Waals surface area (Å²) in [4.78, 5) is 14.3. The van der Waals surface area contributed by atoms with Gasteiger partial charge in [-0.25, -0.2) is 4.79 Å². The van der Waals surface area contributed by atoms with Crippen molar-refractivity contribution in [3.05, 3.63) is 47.1 Å². The standard InChI is InChI=1S/C24H33NO3/c1-6-7-8-9-19-13-22(27)24(23(14-19)28-18(5)25-15-26)21-12-17(4)10-11-20(21)16(2)3/h12-14,18,20-21,27H,2,6-11H2,1,3-5H3/t18?,20-,21+/m1/s1. The number of unbranched alkanes of at least 4 members (excludes halogenated alkanes) is 2. The lowest BCUT2D eigenvalue weighted by Gasteiger charge is -2.32. The molecule has 0 heterocycles. The molecule has 1 N–H and O–H groups in total. The Hall–Kier alpha value is -2.32. The molecular weight excluding hydrogens is 350 g/mol. The van der Waals surface area contributed by atoms with Gasteiger partial charge in [-0.15, -0.1) is 0 Å². The minimum Gasteiger partial charge on any atom is -0.507 e. The highest BCUT2D eigenvalue weighted by molar-refractivity contribution is 5.52. The van der Waals surface area contributed by atoms with Crippen LogP contribution in [0.5, 0.6) is 11.5 Å². The number of hydrogen-bond acceptors (Lipinski definition) is 4. The van der Waals surface area contributed by atoms with E-state index < -0.39 is 6.23 Å². The van der Waals surface area contributed by atoms with Crippen LogP contribution in [0.1, 0.15) is 76.8 Å². The number of ether oxygens (including phenoxy) is 1. The van der Waals surface area contributed by atoms with E-state index in [1.807, 2.05) is 19.1 Å². The number of aromatic hydroxyl groups is 1. The van der Waals surface area contributed by atoms with E-state index in [0.717, 1.165) is 55.2 Å². The van der Waals surface area contributed by atoms with Crippen molar-refractivity contribution >= 4 is 6.08 Å². The first kappa shape index (κ1) is 22.0. The maximum Gasteiger partial charge on any atom is 0.238 e. The van der Waals surface area contributed by atoms with Gasteiger partial charge in [0, 0.05) is 11.5 Å². The summed E-state index contributed by atoms with van der Waals surface area (Å²) in [6.45, 7) is 12.2. The molecule has 4 nitrogen and oxygen atoms in total. The minimum absolute atomic E-state index is 0.00153. The summed E-state index contributed by atoms with van der Waals surface area (Å²) in [7, 11) is 0. The average molecular weight is 384 g/mol. The molecule has 152 valence electrons. The molecule has 0 aliphatic heterocycles. The summed E-state index contributed by atoms with van der Waals surface area (Å²) < 4.78 is 5.98. The van der Waals surface area contributed by atoms with E-state index in [9.17, 15) is 9.90 Å². The molecule has 4 heteroatoms. The monoisotopic (exact) mass is 383 g/mol. The number of phenols is 1. The summed E-state index contributed by atoms with van der Waals surface area (Å²) in [5.41, 5.74) is 4.21. The van der Waals surface area contributed by atoms with Gasteiger partial charge in [0.1, 0.15) is 11.5 Å². The number of phenolic OH excluding ortho intramolecular Hbond substituents is 1. The second-order valence-corrected chi connectivity index (χ2v) is 7.95.